The summed E-state index contributed by atoms with van der Waals surface area (Å²) in [7, 11) is 3.20. The minimum atomic E-state index is 0.547. The van der Waals surface area contributed by atoms with Gasteiger partial charge in [0.25, 0.3) is 0 Å². The third-order valence-corrected chi connectivity index (χ3v) is 4.56. The zero-order valence-electron chi connectivity index (χ0n) is 16.8. The maximum absolute atomic E-state index is 9.56. The predicted octanol–water partition coefficient (Wildman–Crippen LogP) is 5.83. The maximum atomic E-state index is 9.56. The van der Waals surface area contributed by atoms with Gasteiger partial charge in [-0.15, -0.1) is 0 Å². The van der Waals surface area contributed by atoms with Crippen LogP contribution >= 0.6 is 0 Å². The minimum Gasteiger partial charge on any atom is -0.497 e. The molecule has 0 saturated heterocycles. The Hall–Kier alpha value is -4.28. The zero-order valence-corrected chi connectivity index (χ0v) is 16.8. The number of ether oxygens (including phenoxy) is 2. The third kappa shape index (κ3) is 4.95. The van der Waals surface area contributed by atoms with Crippen LogP contribution in [0.15, 0.2) is 72.8 Å². The van der Waals surface area contributed by atoms with Crippen molar-refractivity contribution in [2.45, 2.75) is 0 Å². The highest BCUT2D eigenvalue weighted by molar-refractivity contribution is 5.91. The van der Waals surface area contributed by atoms with Crippen LogP contribution in [-0.2, 0) is 0 Å². The lowest BCUT2D eigenvalue weighted by Crippen LogP contribution is -1.87. The Labute approximate surface area is 176 Å². The molecule has 4 heteroatoms. The molecule has 0 bridgehead atoms. The molecule has 0 aliphatic carbocycles. The summed E-state index contributed by atoms with van der Waals surface area (Å²) in [5.41, 5.74) is 4.48. The van der Waals surface area contributed by atoms with E-state index in [-0.39, 0.29) is 0 Å². The molecule has 146 valence electrons. The number of allylic oxidation sites excluding steroid dienone is 2. The molecule has 0 aliphatic heterocycles. The number of hydrogen-bond donors (Lipinski definition) is 0. The van der Waals surface area contributed by atoms with E-state index in [1.165, 1.54) is 0 Å². The van der Waals surface area contributed by atoms with E-state index in [9.17, 15) is 10.5 Å². The molecule has 0 saturated carbocycles. The Morgan fingerprint density at radius 2 is 1.07 bits per heavy atom. The van der Waals surface area contributed by atoms with Gasteiger partial charge < -0.3 is 9.47 Å². The van der Waals surface area contributed by atoms with Gasteiger partial charge in [0.05, 0.1) is 37.5 Å². The van der Waals surface area contributed by atoms with E-state index in [0.29, 0.717) is 22.6 Å². The number of benzene rings is 3. The van der Waals surface area contributed by atoms with Gasteiger partial charge in [0.2, 0.25) is 0 Å². The molecular weight excluding hydrogens is 372 g/mol. The number of hydrogen-bond acceptors (Lipinski definition) is 4. The molecule has 0 fully saturated rings. The number of methoxy groups -OCH3 is 2. The molecule has 3 aromatic rings. The monoisotopic (exact) mass is 392 g/mol. The molecular formula is C26H20N2O2. The summed E-state index contributed by atoms with van der Waals surface area (Å²) >= 11 is 0. The van der Waals surface area contributed by atoms with Crippen molar-refractivity contribution in [2.75, 3.05) is 14.2 Å². The molecule has 0 aliphatic rings. The fourth-order valence-corrected chi connectivity index (χ4v) is 2.96. The Morgan fingerprint density at radius 3 is 1.40 bits per heavy atom. The van der Waals surface area contributed by atoms with Gasteiger partial charge in [0, 0.05) is 0 Å². The minimum absolute atomic E-state index is 0.547. The van der Waals surface area contributed by atoms with Crippen molar-refractivity contribution in [3.8, 4) is 23.6 Å². The van der Waals surface area contributed by atoms with Gasteiger partial charge in [0.15, 0.2) is 0 Å². The van der Waals surface area contributed by atoms with Crippen molar-refractivity contribution in [3.63, 3.8) is 0 Å². The van der Waals surface area contributed by atoms with Gasteiger partial charge in [-0.25, -0.2) is 0 Å². The summed E-state index contributed by atoms with van der Waals surface area (Å²) in [6.45, 7) is 0. The second-order valence-electron chi connectivity index (χ2n) is 6.47. The van der Waals surface area contributed by atoms with E-state index in [0.717, 1.165) is 22.3 Å². The topological polar surface area (TPSA) is 66.0 Å². The summed E-state index contributed by atoms with van der Waals surface area (Å²) < 4.78 is 10.5. The van der Waals surface area contributed by atoms with Crippen LogP contribution in [0.25, 0.3) is 23.3 Å². The Bertz CT molecular complexity index is 1080. The van der Waals surface area contributed by atoms with Crippen LogP contribution in [0, 0.1) is 22.7 Å². The largest absolute Gasteiger partial charge is 0.497 e. The molecule has 30 heavy (non-hydrogen) atoms. The molecule has 0 amide bonds. The fourth-order valence-electron chi connectivity index (χ4n) is 2.96. The van der Waals surface area contributed by atoms with Crippen LogP contribution in [0.1, 0.15) is 22.3 Å². The molecule has 0 spiro atoms. The summed E-state index contributed by atoms with van der Waals surface area (Å²) in [6.07, 6.45) is 3.66. The highest BCUT2D eigenvalue weighted by atomic mass is 16.5. The molecule has 0 unspecified atom stereocenters. The van der Waals surface area contributed by atoms with Gasteiger partial charge in [-0.05, 0) is 58.7 Å². The van der Waals surface area contributed by atoms with Gasteiger partial charge >= 0.3 is 0 Å². The number of nitriles is 2. The SMILES string of the molecule is COc1cccc(/C(C#N)=C/c2ccc(/C=C(/C#N)c3cccc(OC)c3)cc2)c1. The molecule has 0 radical (unpaired) electrons. The van der Waals surface area contributed by atoms with Crippen LogP contribution < -0.4 is 9.47 Å². The first-order valence-electron chi connectivity index (χ1n) is 9.29. The smallest absolute Gasteiger partial charge is 0.119 e. The van der Waals surface area contributed by atoms with Crippen molar-refractivity contribution < 1.29 is 9.47 Å². The molecule has 3 aromatic carbocycles. The van der Waals surface area contributed by atoms with Gasteiger partial charge in [-0.1, -0.05) is 48.5 Å². The Balaban J connectivity index is 1.88. The van der Waals surface area contributed by atoms with Crippen molar-refractivity contribution >= 4 is 23.3 Å². The second-order valence-corrected chi connectivity index (χ2v) is 6.47. The maximum Gasteiger partial charge on any atom is 0.119 e. The van der Waals surface area contributed by atoms with E-state index in [4.69, 9.17) is 9.47 Å². The summed E-state index contributed by atoms with van der Waals surface area (Å²) in [5.74, 6) is 1.41. The van der Waals surface area contributed by atoms with E-state index >= 15 is 0 Å². The van der Waals surface area contributed by atoms with E-state index in [1.807, 2.05) is 84.9 Å². The average molecular weight is 392 g/mol. The van der Waals surface area contributed by atoms with Gasteiger partial charge in [-0.3, -0.25) is 0 Å². The fraction of sp³-hybridized carbons (Fsp3) is 0.0769. The number of rotatable bonds is 6. The summed E-state index contributed by atoms with van der Waals surface area (Å²) in [5, 5.41) is 19.1. The Morgan fingerprint density at radius 1 is 0.667 bits per heavy atom. The highest BCUT2D eigenvalue weighted by Gasteiger charge is 2.05. The van der Waals surface area contributed by atoms with Gasteiger partial charge in [0.1, 0.15) is 11.5 Å². The van der Waals surface area contributed by atoms with Crippen LogP contribution in [-0.4, -0.2) is 14.2 Å². The van der Waals surface area contributed by atoms with Crippen molar-refractivity contribution in [2.24, 2.45) is 0 Å². The molecule has 0 atom stereocenters. The summed E-state index contributed by atoms with van der Waals surface area (Å²) in [4.78, 5) is 0. The lowest BCUT2D eigenvalue weighted by atomic mass is 10.0. The predicted molar refractivity (Wildman–Crippen MR) is 119 cm³/mol. The first kappa shape index (κ1) is 20.5. The van der Waals surface area contributed by atoms with Crippen LogP contribution in [0.5, 0.6) is 11.5 Å². The lowest BCUT2D eigenvalue weighted by molar-refractivity contribution is 0.414. The van der Waals surface area contributed by atoms with E-state index in [1.54, 1.807) is 14.2 Å². The standard InChI is InChI=1S/C26H20N2O2/c1-29-25-7-3-5-21(15-25)23(17-27)13-19-9-11-20(12-10-19)14-24(18-28)22-6-4-8-26(16-22)30-2/h3-16H,1-2H3/b23-13-,24-14+. The van der Waals surface area contributed by atoms with Crippen molar-refractivity contribution in [1.29, 1.82) is 10.5 Å². The molecule has 0 N–H and O–H groups in total. The van der Waals surface area contributed by atoms with Gasteiger partial charge in [-0.2, -0.15) is 10.5 Å². The van der Waals surface area contributed by atoms with Crippen LogP contribution in [0.2, 0.25) is 0 Å². The molecule has 3 rings (SSSR count). The molecule has 0 heterocycles. The highest BCUT2D eigenvalue weighted by Crippen LogP contribution is 2.24. The van der Waals surface area contributed by atoms with Crippen molar-refractivity contribution in [3.05, 3.63) is 95.1 Å². The first-order chi connectivity index (χ1) is 14.7. The lowest BCUT2D eigenvalue weighted by Gasteiger charge is -2.05. The van der Waals surface area contributed by atoms with Crippen LogP contribution in [0.4, 0.5) is 0 Å². The van der Waals surface area contributed by atoms with E-state index in [2.05, 4.69) is 12.1 Å². The summed E-state index contributed by atoms with van der Waals surface area (Å²) in [6, 6.07) is 27.0. The van der Waals surface area contributed by atoms with Crippen molar-refractivity contribution in [1.82, 2.24) is 0 Å². The second kappa shape index (κ2) is 9.78. The molecule has 4 nitrogen and oxygen atoms in total. The molecule has 0 aromatic heterocycles. The first-order valence-corrected chi connectivity index (χ1v) is 9.29. The van der Waals surface area contributed by atoms with E-state index < -0.39 is 0 Å². The third-order valence-electron chi connectivity index (χ3n) is 4.56. The average Bonchev–Trinajstić information content (AvgIpc) is 2.81. The zero-order chi connectivity index (χ0) is 21.3. The normalized spacial score (nSPS) is 11.3. The van der Waals surface area contributed by atoms with Crippen LogP contribution in [0.3, 0.4) is 0 Å². The quantitative estimate of drug-likeness (QED) is 0.391. The number of nitrogens with zero attached hydrogens (tertiary/aromatic N) is 2. The Kier molecular flexibility index (Phi) is 6.66.